The second-order valence-corrected chi connectivity index (χ2v) is 9.93. The lowest BCUT2D eigenvalue weighted by Crippen LogP contribution is -2.40. The van der Waals surface area contributed by atoms with E-state index in [1.54, 1.807) is 42.7 Å². The molecule has 4 aromatic rings. The van der Waals surface area contributed by atoms with Crippen molar-refractivity contribution in [2.45, 2.75) is 26.8 Å². The largest absolute Gasteiger partial charge is 0.493 e. The lowest BCUT2D eigenvalue weighted by Gasteiger charge is -2.25. The summed E-state index contributed by atoms with van der Waals surface area (Å²) in [6, 6.07) is 18.4. The molecule has 0 N–H and O–H groups in total. The van der Waals surface area contributed by atoms with Crippen LogP contribution in [-0.4, -0.2) is 23.8 Å². The third-order valence-corrected chi connectivity index (χ3v) is 7.41. The number of fused-ring (bicyclic) bond motifs is 2. The van der Waals surface area contributed by atoms with Crippen molar-refractivity contribution in [2.24, 2.45) is 4.99 Å². The summed E-state index contributed by atoms with van der Waals surface area (Å²) in [5.74, 6) is 0.149. The zero-order valence-corrected chi connectivity index (χ0v) is 22.2. The van der Waals surface area contributed by atoms with E-state index >= 15 is 0 Å². The first-order chi connectivity index (χ1) is 17.9. The van der Waals surface area contributed by atoms with Crippen LogP contribution in [-0.2, 0) is 9.53 Å². The number of carbonyl (C=O) groups is 1. The van der Waals surface area contributed by atoms with Crippen molar-refractivity contribution in [3.63, 3.8) is 0 Å². The highest BCUT2D eigenvalue weighted by Gasteiger charge is 2.34. The van der Waals surface area contributed by atoms with Crippen LogP contribution in [0.15, 0.2) is 81.7 Å². The minimum atomic E-state index is -0.686. The van der Waals surface area contributed by atoms with Crippen molar-refractivity contribution in [2.75, 3.05) is 13.2 Å². The van der Waals surface area contributed by atoms with Crippen molar-refractivity contribution >= 4 is 45.8 Å². The van der Waals surface area contributed by atoms with Crippen molar-refractivity contribution < 1.29 is 14.3 Å². The summed E-state index contributed by atoms with van der Waals surface area (Å²) in [4.78, 5) is 32.4. The van der Waals surface area contributed by atoms with Crippen LogP contribution >= 0.6 is 22.9 Å². The molecule has 0 unspecified atom stereocenters. The van der Waals surface area contributed by atoms with Gasteiger partial charge < -0.3 is 9.47 Å². The Balaban J connectivity index is 1.79. The average molecular weight is 533 g/mol. The summed E-state index contributed by atoms with van der Waals surface area (Å²) in [7, 11) is 0. The van der Waals surface area contributed by atoms with Crippen LogP contribution in [0.1, 0.15) is 37.9 Å². The molecule has 0 fully saturated rings. The first-order valence-corrected chi connectivity index (χ1v) is 13.2. The molecule has 37 heavy (non-hydrogen) atoms. The number of hydrogen-bond donors (Lipinski definition) is 0. The summed E-state index contributed by atoms with van der Waals surface area (Å²) in [5, 5.41) is 2.51. The second-order valence-electron chi connectivity index (χ2n) is 8.49. The maximum Gasteiger partial charge on any atom is 0.338 e. The van der Waals surface area contributed by atoms with Crippen LogP contribution in [0.2, 0.25) is 5.02 Å². The average Bonchev–Trinajstić information content (AvgIpc) is 3.19. The molecular weight excluding hydrogens is 508 g/mol. The number of thiazole rings is 1. The predicted molar refractivity (Wildman–Crippen MR) is 147 cm³/mol. The quantitative estimate of drug-likeness (QED) is 0.328. The Morgan fingerprint density at radius 1 is 1.11 bits per heavy atom. The maximum atomic E-state index is 14.0. The van der Waals surface area contributed by atoms with Gasteiger partial charge in [0, 0.05) is 10.6 Å². The van der Waals surface area contributed by atoms with Crippen molar-refractivity contribution in [1.29, 1.82) is 0 Å². The van der Waals surface area contributed by atoms with E-state index in [1.807, 2.05) is 49.4 Å². The molecule has 0 spiro atoms. The van der Waals surface area contributed by atoms with E-state index < -0.39 is 12.0 Å². The number of rotatable bonds is 6. The van der Waals surface area contributed by atoms with Crippen LogP contribution in [0.3, 0.4) is 0 Å². The smallest absolute Gasteiger partial charge is 0.338 e. The zero-order valence-electron chi connectivity index (χ0n) is 20.7. The number of hydrogen-bond acceptors (Lipinski definition) is 6. The second kappa shape index (κ2) is 10.4. The number of allylic oxidation sites excluding steroid dienone is 1. The predicted octanol–water partition coefficient (Wildman–Crippen LogP) is 5.00. The molecule has 1 aliphatic rings. The Kier molecular flexibility index (Phi) is 7.00. The van der Waals surface area contributed by atoms with E-state index in [1.165, 1.54) is 11.3 Å². The molecule has 0 aliphatic carbocycles. The van der Waals surface area contributed by atoms with Gasteiger partial charge in [-0.3, -0.25) is 9.36 Å². The Bertz CT molecular complexity index is 1730. The molecule has 2 heterocycles. The highest BCUT2D eigenvalue weighted by Crippen LogP contribution is 2.35. The van der Waals surface area contributed by atoms with E-state index in [9.17, 15) is 9.59 Å². The number of benzene rings is 3. The minimum Gasteiger partial charge on any atom is -0.493 e. The lowest BCUT2D eigenvalue weighted by atomic mass is 9.91. The molecule has 1 atom stereocenters. The Morgan fingerprint density at radius 3 is 2.68 bits per heavy atom. The van der Waals surface area contributed by atoms with E-state index in [4.69, 9.17) is 21.1 Å². The fourth-order valence-electron chi connectivity index (χ4n) is 4.63. The first kappa shape index (κ1) is 25.0. The van der Waals surface area contributed by atoms with Gasteiger partial charge in [0.25, 0.3) is 5.56 Å². The Hall–Kier alpha value is -3.68. The van der Waals surface area contributed by atoms with Gasteiger partial charge in [0.15, 0.2) is 4.80 Å². The third-order valence-electron chi connectivity index (χ3n) is 6.19. The van der Waals surface area contributed by atoms with E-state index in [-0.39, 0.29) is 12.2 Å². The molecule has 0 saturated carbocycles. The number of halogens is 1. The highest BCUT2D eigenvalue weighted by atomic mass is 35.5. The van der Waals surface area contributed by atoms with Crippen LogP contribution < -0.4 is 19.6 Å². The zero-order chi connectivity index (χ0) is 26.1. The number of aromatic nitrogens is 1. The SMILES string of the molecule is CCOC(=O)C1=C(C)N=c2s/c(=C/c3cc(Cl)ccc3OCC)c(=O)n2[C@H]1c1cccc2ccccc12. The van der Waals surface area contributed by atoms with Gasteiger partial charge in [-0.25, -0.2) is 9.79 Å². The van der Waals surface area contributed by atoms with Crippen molar-refractivity contribution in [1.82, 2.24) is 4.57 Å². The van der Waals surface area contributed by atoms with E-state index in [0.29, 0.717) is 43.5 Å². The van der Waals surface area contributed by atoms with Crippen LogP contribution in [0.5, 0.6) is 5.75 Å². The fourth-order valence-corrected chi connectivity index (χ4v) is 5.85. The Morgan fingerprint density at radius 2 is 1.89 bits per heavy atom. The molecule has 0 amide bonds. The van der Waals surface area contributed by atoms with Gasteiger partial charge in [-0.1, -0.05) is 65.4 Å². The van der Waals surface area contributed by atoms with Crippen molar-refractivity contribution in [3.05, 3.63) is 108 Å². The summed E-state index contributed by atoms with van der Waals surface area (Å²) in [6.45, 7) is 6.14. The number of ether oxygens (including phenoxy) is 2. The normalized spacial score (nSPS) is 15.5. The van der Waals surface area contributed by atoms with Gasteiger partial charge in [-0.15, -0.1) is 0 Å². The molecular formula is C29H25ClN2O4S. The molecule has 188 valence electrons. The summed E-state index contributed by atoms with van der Waals surface area (Å²) < 4.78 is 13.2. The van der Waals surface area contributed by atoms with E-state index in [2.05, 4.69) is 4.99 Å². The molecule has 8 heteroatoms. The molecule has 6 nitrogen and oxygen atoms in total. The van der Waals surface area contributed by atoms with Crippen LogP contribution in [0.25, 0.3) is 16.8 Å². The monoisotopic (exact) mass is 532 g/mol. The lowest BCUT2D eigenvalue weighted by molar-refractivity contribution is -0.139. The van der Waals surface area contributed by atoms with Gasteiger partial charge in [0.1, 0.15) is 5.75 Å². The minimum absolute atomic E-state index is 0.220. The summed E-state index contributed by atoms with van der Waals surface area (Å²) in [5.41, 5.74) is 2.17. The number of esters is 1. The molecule has 0 radical (unpaired) electrons. The number of nitrogens with zero attached hydrogens (tertiary/aromatic N) is 2. The molecule has 5 rings (SSSR count). The molecule has 0 saturated heterocycles. The van der Waals surface area contributed by atoms with Gasteiger partial charge in [0.2, 0.25) is 0 Å². The molecule has 3 aromatic carbocycles. The highest BCUT2D eigenvalue weighted by molar-refractivity contribution is 7.07. The van der Waals surface area contributed by atoms with E-state index in [0.717, 1.165) is 16.3 Å². The topological polar surface area (TPSA) is 69.9 Å². The van der Waals surface area contributed by atoms with Crippen molar-refractivity contribution in [3.8, 4) is 5.75 Å². The summed E-state index contributed by atoms with van der Waals surface area (Å²) in [6.07, 6.45) is 1.77. The summed E-state index contributed by atoms with van der Waals surface area (Å²) >= 11 is 7.52. The molecule has 1 aromatic heterocycles. The van der Waals surface area contributed by atoms with Gasteiger partial charge in [-0.2, -0.15) is 0 Å². The van der Waals surface area contributed by atoms with Crippen LogP contribution in [0.4, 0.5) is 0 Å². The number of carbonyl (C=O) groups excluding carboxylic acids is 1. The van der Waals surface area contributed by atoms with Gasteiger partial charge in [-0.05, 0) is 61.4 Å². The standard InChI is InChI=1S/C29H25ClN2O4S/c1-4-35-23-14-13-20(30)15-19(23)16-24-27(33)32-26(22-12-8-10-18-9-6-7-11-21(18)22)25(28(34)36-5-2)17(3)31-29(32)37-24/h6-16,26H,4-5H2,1-3H3/b24-16+/t26-/m0/s1. The Labute approximate surface area is 222 Å². The molecule has 1 aliphatic heterocycles. The maximum absolute atomic E-state index is 14.0. The van der Waals surface area contributed by atoms with Gasteiger partial charge in [0.05, 0.1) is 35.1 Å². The fraction of sp³-hybridized carbons (Fsp3) is 0.207. The first-order valence-electron chi connectivity index (χ1n) is 12.0. The van der Waals surface area contributed by atoms with Gasteiger partial charge >= 0.3 is 5.97 Å². The van der Waals surface area contributed by atoms with Crippen LogP contribution in [0, 0.1) is 0 Å². The molecule has 0 bridgehead atoms. The third kappa shape index (κ3) is 4.61.